The van der Waals surface area contributed by atoms with Crippen LogP contribution in [0.25, 0.3) is 5.73 Å². The summed E-state index contributed by atoms with van der Waals surface area (Å²) in [5.74, 6) is -7.27. The zero-order valence-corrected chi connectivity index (χ0v) is 27.5. The summed E-state index contributed by atoms with van der Waals surface area (Å²) in [6.45, 7) is 2.90. The van der Waals surface area contributed by atoms with Gasteiger partial charge in [-0.25, -0.2) is 9.59 Å². The molecular formula is C31H37N3O12Pt. The molecule has 3 saturated carbocycles. The van der Waals surface area contributed by atoms with Crippen molar-refractivity contribution in [3.8, 4) is 0 Å². The van der Waals surface area contributed by atoms with Gasteiger partial charge in [0.05, 0.1) is 23.7 Å². The Labute approximate surface area is 284 Å². The molecule has 16 heteroatoms. The number of aliphatic carboxylic acids is 4. The number of carbonyl (C=O) groups is 8. The number of fused-ring (bicyclic) bond motifs is 10. The second kappa shape index (κ2) is 15.5. The Morgan fingerprint density at radius 2 is 0.936 bits per heavy atom. The molecule has 7 rings (SSSR count). The van der Waals surface area contributed by atoms with Crippen molar-refractivity contribution in [2.45, 2.75) is 44.6 Å². The number of allylic oxidation sites excluding steroid dienone is 4. The largest absolute Gasteiger partial charge is 2.00 e. The molecule has 2 unspecified atom stereocenters. The Hall–Kier alpha value is -3.71. The molecule has 5 fully saturated rings. The summed E-state index contributed by atoms with van der Waals surface area (Å²) in [5, 5.41) is 32.1. The van der Waals surface area contributed by atoms with Gasteiger partial charge in [-0.1, -0.05) is 50.0 Å². The van der Waals surface area contributed by atoms with E-state index >= 15 is 0 Å². The summed E-state index contributed by atoms with van der Waals surface area (Å²) in [5.41, 5.74) is 7.42. The van der Waals surface area contributed by atoms with Crippen molar-refractivity contribution in [1.82, 2.24) is 9.80 Å². The average molecular weight is 839 g/mol. The summed E-state index contributed by atoms with van der Waals surface area (Å²) in [4.78, 5) is 88.9. The number of likely N-dealkylation sites (tertiary alicyclic amines) is 2. The van der Waals surface area contributed by atoms with Crippen molar-refractivity contribution in [2.24, 2.45) is 53.3 Å². The van der Waals surface area contributed by atoms with Gasteiger partial charge in [0.25, 0.3) is 0 Å². The van der Waals surface area contributed by atoms with E-state index in [4.69, 9.17) is 35.7 Å². The van der Waals surface area contributed by atoms with Crippen LogP contribution in [0.5, 0.6) is 0 Å². The third-order valence-electron chi connectivity index (χ3n) is 9.80. The molecule has 4 amide bonds. The van der Waals surface area contributed by atoms with Crippen LogP contribution in [0.3, 0.4) is 0 Å². The van der Waals surface area contributed by atoms with E-state index in [-0.39, 0.29) is 98.1 Å². The van der Waals surface area contributed by atoms with E-state index in [1.807, 2.05) is 24.3 Å². The topological polar surface area (TPSA) is 248 Å². The van der Waals surface area contributed by atoms with Gasteiger partial charge in [0.2, 0.25) is 23.6 Å². The van der Waals surface area contributed by atoms with Gasteiger partial charge in [-0.15, -0.1) is 0 Å². The first-order valence-corrected chi connectivity index (χ1v) is 15.1. The molecule has 2 saturated heterocycles. The maximum Gasteiger partial charge on any atom is 2.00 e. The molecule has 5 aliphatic carbocycles. The van der Waals surface area contributed by atoms with Crippen molar-refractivity contribution in [2.75, 3.05) is 13.1 Å². The zero-order valence-electron chi connectivity index (χ0n) is 25.2. The zero-order chi connectivity index (χ0) is 34.0. The molecule has 5 N–H and O–H groups in total. The standard InChI is InChI=1S/2C11H11NO4.C7H13N.C2H2O4.Pt/c2*13-7(14)4-12-10(15)8-5-1-2-6(3-5)9(8)11(12)16;1-6-4-2-3-5-7(6)8;3-1(4)2(5)6;/h2*1-2,5-6,8-9H,3-4H2,(H,13,14);6-8H,1-5H2;(H,3,4)(H,5,6);/q;;-2;;+2/t2*5-,6+,8+,9-;;;. The number of carboxylic acids is 4. The van der Waals surface area contributed by atoms with E-state index in [0.29, 0.717) is 5.92 Å². The average Bonchev–Trinajstić information content (AvgIpc) is 3.84. The molecule has 0 radical (unpaired) electrons. The first-order valence-electron chi connectivity index (χ1n) is 15.1. The molecular weight excluding hydrogens is 801 g/mol. The second-order valence-electron chi connectivity index (χ2n) is 12.6. The van der Waals surface area contributed by atoms with Gasteiger partial charge in [0, 0.05) is 0 Å². The van der Waals surface area contributed by atoms with Crippen molar-refractivity contribution in [1.29, 1.82) is 0 Å². The molecule has 0 aromatic rings. The minimum absolute atomic E-state index is 0. The molecule has 0 aromatic carbocycles. The second-order valence-corrected chi connectivity index (χ2v) is 12.6. The fourth-order valence-corrected chi connectivity index (χ4v) is 7.72. The van der Waals surface area contributed by atoms with Gasteiger partial charge in [0.15, 0.2) is 0 Å². The molecule has 2 heterocycles. The number of amides is 4. The van der Waals surface area contributed by atoms with Crippen molar-refractivity contribution in [3.63, 3.8) is 0 Å². The summed E-state index contributed by atoms with van der Waals surface area (Å²) in [7, 11) is 0. The van der Waals surface area contributed by atoms with Crippen LogP contribution in [0.1, 0.15) is 38.5 Å². The number of imide groups is 2. The molecule has 2 aliphatic heterocycles. The van der Waals surface area contributed by atoms with Gasteiger partial charge in [-0.05, 0) is 36.5 Å². The van der Waals surface area contributed by atoms with Crippen LogP contribution >= 0.6 is 0 Å². The minimum atomic E-state index is -1.82. The van der Waals surface area contributed by atoms with Gasteiger partial charge >= 0.3 is 44.9 Å². The van der Waals surface area contributed by atoms with Crippen LogP contribution in [0.2, 0.25) is 0 Å². The molecule has 47 heavy (non-hydrogen) atoms. The van der Waals surface area contributed by atoms with Crippen LogP contribution in [0.4, 0.5) is 0 Å². The van der Waals surface area contributed by atoms with Crippen molar-refractivity contribution < 1.29 is 79.8 Å². The predicted molar refractivity (Wildman–Crippen MR) is 155 cm³/mol. The number of carbonyl (C=O) groups excluding carboxylic acids is 4. The van der Waals surface area contributed by atoms with E-state index in [9.17, 15) is 28.8 Å². The summed E-state index contributed by atoms with van der Waals surface area (Å²) >= 11 is 0. The molecule has 258 valence electrons. The van der Waals surface area contributed by atoms with E-state index in [0.717, 1.165) is 29.1 Å². The van der Waals surface area contributed by atoms with Gasteiger partial charge in [-0.3, -0.25) is 38.6 Å². The Bertz CT molecular complexity index is 1220. The van der Waals surface area contributed by atoms with Crippen LogP contribution in [0.15, 0.2) is 24.3 Å². The monoisotopic (exact) mass is 838 g/mol. The smallest absolute Gasteiger partial charge is 0.677 e. The van der Waals surface area contributed by atoms with Gasteiger partial charge in [0.1, 0.15) is 13.1 Å². The third-order valence-corrected chi connectivity index (χ3v) is 9.80. The first-order chi connectivity index (χ1) is 21.6. The van der Waals surface area contributed by atoms with Gasteiger partial charge in [-0.2, -0.15) is 12.0 Å². The Balaban J connectivity index is 0.000000182. The fraction of sp³-hybridized carbons (Fsp3) is 0.581. The molecule has 4 bridgehead atoms. The molecule has 15 nitrogen and oxygen atoms in total. The minimum Gasteiger partial charge on any atom is -0.677 e. The van der Waals surface area contributed by atoms with Crippen molar-refractivity contribution >= 4 is 47.5 Å². The van der Waals surface area contributed by atoms with Crippen molar-refractivity contribution in [3.05, 3.63) is 37.0 Å². The molecule has 7 aliphatic rings. The summed E-state index contributed by atoms with van der Waals surface area (Å²) in [6.07, 6.45) is 14.5. The number of nitrogens with one attached hydrogen (secondary N) is 1. The number of nitrogens with zero attached hydrogens (tertiary/aromatic N) is 2. The Kier molecular flexibility index (Phi) is 12.4. The van der Waals surface area contributed by atoms with Crippen LogP contribution in [-0.2, 0) is 59.4 Å². The predicted octanol–water partition coefficient (Wildman–Crippen LogP) is 1.34. The number of carboxylic acid groups (broad SMARTS) is 4. The molecule has 0 aromatic heterocycles. The summed E-state index contributed by atoms with van der Waals surface area (Å²) in [6, 6.07) is 0.142. The van der Waals surface area contributed by atoms with Crippen LogP contribution in [-0.4, -0.2) is 96.9 Å². The van der Waals surface area contributed by atoms with E-state index < -0.39 is 37.0 Å². The normalized spacial score (nSPS) is 34.7. The Morgan fingerprint density at radius 1 is 0.638 bits per heavy atom. The first kappa shape index (κ1) is 37.7. The molecule has 0 spiro atoms. The van der Waals surface area contributed by atoms with E-state index in [2.05, 4.69) is 6.92 Å². The SMILES string of the molecule is O=C(O)C(=O)O.O=C(O)CN1C(=O)[C@@H]2[C@H](C1=O)[C@H]1C=C[C@@H]2C1.O=C(O)CN1C(=O)[C@@H]2[C@H](C1=O)[C@H]1C=C[C@@H]2C1.[CH2-]C1CCCCC1[NH-].[Pt+2]. The van der Waals surface area contributed by atoms with Crippen LogP contribution < -0.4 is 0 Å². The number of hydrogen-bond donors (Lipinski definition) is 4. The third kappa shape index (κ3) is 7.89. The van der Waals surface area contributed by atoms with Gasteiger partial charge < -0.3 is 33.1 Å². The summed E-state index contributed by atoms with van der Waals surface area (Å²) < 4.78 is 0. The van der Waals surface area contributed by atoms with E-state index in [1.165, 1.54) is 19.3 Å². The number of rotatable bonds is 4. The maximum absolute atomic E-state index is 11.9. The fourth-order valence-electron chi connectivity index (χ4n) is 7.72. The molecule has 10 atom stereocenters. The Morgan fingerprint density at radius 3 is 1.15 bits per heavy atom. The quantitative estimate of drug-likeness (QED) is 0.136. The van der Waals surface area contributed by atoms with E-state index in [1.54, 1.807) is 0 Å². The maximum atomic E-state index is 11.9. The number of hydrogen-bond acceptors (Lipinski definition) is 8. The van der Waals surface area contributed by atoms with Crippen LogP contribution in [0, 0.1) is 60.2 Å².